The fourth-order valence-corrected chi connectivity index (χ4v) is 3.03. The number of ether oxygens (including phenoxy) is 1. The summed E-state index contributed by atoms with van der Waals surface area (Å²) in [6, 6.07) is 10.8. The van der Waals surface area contributed by atoms with Crippen LogP contribution in [0, 0.1) is 0 Å². The van der Waals surface area contributed by atoms with Gasteiger partial charge in [-0.15, -0.1) is 0 Å². The zero-order chi connectivity index (χ0) is 20.7. The highest BCUT2D eigenvalue weighted by atomic mass is 35.5. The second kappa shape index (κ2) is 9.80. The molecular weight excluding hydrogens is 395 g/mol. The molecule has 2 rings (SSSR count). The topological polar surface area (TPSA) is 49.8 Å². The summed E-state index contributed by atoms with van der Waals surface area (Å²) < 4.78 is 44.4. The fraction of sp³-hybridized carbons (Fsp3) is 0.350. The highest BCUT2D eigenvalue weighted by Gasteiger charge is 2.33. The lowest BCUT2D eigenvalue weighted by atomic mass is 10.1. The minimum Gasteiger partial charge on any atom is -0.494 e. The van der Waals surface area contributed by atoms with Gasteiger partial charge in [0.25, 0.3) is 0 Å². The van der Waals surface area contributed by atoms with E-state index in [1.54, 1.807) is 37.4 Å². The summed E-state index contributed by atoms with van der Waals surface area (Å²) >= 11 is 5.92. The molecule has 2 aromatic rings. The number of carboxylic acid groups (broad SMARTS) is 1. The van der Waals surface area contributed by atoms with E-state index in [1.165, 1.54) is 6.07 Å². The molecule has 0 aliphatic carbocycles. The van der Waals surface area contributed by atoms with Crippen LogP contribution in [-0.2, 0) is 23.9 Å². The molecular formula is C20H21ClF3NO3. The largest absolute Gasteiger partial charge is 0.494 e. The highest BCUT2D eigenvalue weighted by Crippen LogP contribution is 2.36. The number of halogens is 4. The van der Waals surface area contributed by atoms with Crippen molar-refractivity contribution in [2.75, 3.05) is 20.2 Å². The second-order valence-electron chi connectivity index (χ2n) is 6.43. The molecule has 0 bridgehead atoms. The lowest BCUT2D eigenvalue weighted by Crippen LogP contribution is -2.21. The Bertz CT molecular complexity index is 812. The Hall–Kier alpha value is -2.25. The van der Waals surface area contributed by atoms with Gasteiger partial charge in [-0.2, -0.15) is 13.2 Å². The third-order valence-electron chi connectivity index (χ3n) is 4.03. The molecule has 0 atom stereocenters. The van der Waals surface area contributed by atoms with E-state index in [0.29, 0.717) is 36.4 Å². The molecule has 0 spiro atoms. The van der Waals surface area contributed by atoms with Crippen LogP contribution in [-0.4, -0.2) is 36.2 Å². The molecule has 152 valence electrons. The maximum Gasteiger partial charge on any atom is 0.417 e. The van der Waals surface area contributed by atoms with Crippen LogP contribution in [0.15, 0.2) is 42.5 Å². The number of hydrogen-bond acceptors (Lipinski definition) is 3. The molecule has 1 N–H and O–H groups in total. The third-order valence-corrected chi connectivity index (χ3v) is 4.48. The quantitative estimate of drug-likeness (QED) is 0.592. The Morgan fingerprint density at radius 3 is 2.61 bits per heavy atom. The summed E-state index contributed by atoms with van der Waals surface area (Å²) in [5.74, 6) is -0.325. The van der Waals surface area contributed by atoms with Crippen molar-refractivity contribution in [3.05, 3.63) is 64.2 Å². The third kappa shape index (κ3) is 6.73. The maximum atomic E-state index is 12.9. The van der Waals surface area contributed by atoms with E-state index in [2.05, 4.69) is 0 Å². The van der Waals surface area contributed by atoms with E-state index in [4.69, 9.17) is 21.4 Å². The average Bonchev–Trinajstić information content (AvgIpc) is 2.59. The van der Waals surface area contributed by atoms with Gasteiger partial charge in [0.2, 0.25) is 0 Å². The van der Waals surface area contributed by atoms with Crippen LogP contribution in [0.5, 0.6) is 5.75 Å². The molecule has 2 aromatic carbocycles. The summed E-state index contributed by atoms with van der Waals surface area (Å²) in [7, 11) is 1.80. The van der Waals surface area contributed by atoms with Crippen LogP contribution < -0.4 is 4.74 Å². The lowest BCUT2D eigenvalue weighted by Gasteiger charge is -2.19. The van der Waals surface area contributed by atoms with Crippen molar-refractivity contribution in [3.8, 4) is 5.75 Å². The Morgan fingerprint density at radius 2 is 1.93 bits per heavy atom. The van der Waals surface area contributed by atoms with Crippen LogP contribution in [0.25, 0.3) is 0 Å². The molecule has 0 fully saturated rings. The van der Waals surface area contributed by atoms with Crippen LogP contribution in [0.1, 0.15) is 23.1 Å². The van der Waals surface area contributed by atoms with Gasteiger partial charge in [0.1, 0.15) is 5.75 Å². The van der Waals surface area contributed by atoms with Gasteiger partial charge >= 0.3 is 12.1 Å². The lowest BCUT2D eigenvalue weighted by molar-refractivity contribution is -0.138. The number of aliphatic carboxylic acids is 1. The standard InChI is InChI=1S/C20H21ClF3NO3/c1-25(13-15-6-3-8-17(19(15)21)20(22,23)24)9-4-10-28-16-7-2-5-14(11-16)12-18(26)27/h2-3,5-8,11H,4,9-10,12-13H2,1H3,(H,26,27). The summed E-state index contributed by atoms with van der Waals surface area (Å²) in [6.07, 6.45) is -3.90. The highest BCUT2D eigenvalue weighted by molar-refractivity contribution is 6.32. The average molecular weight is 416 g/mol. The van der Waals surface area contributed by atoms with E-state index in [9.17, 15) is 18.0 Å². The fourth-order valence-electron chi connectivity index (χ4n) is 2.74. The van der Waals surface area contributed by atoms with E-state index >= 15 is 0 Å². The zero-order valence-electron chi connectivity index (χ0n) is 15.3. The van der Waals surface area contributed by atoms with Gasteiger partial charge in [0, 0.05) is 13.1 Å². The molecule has 0 aliphatic rings. The van der Waals surface area contributed by atoms with E-state index in [-0.39, 0.29) is 18.0 Å². The van der Waals surface area contributed by atoms with Gasteiger partial charge in [-0.3, -0.25) is 4.79 Å². The molecule has 4 nitrogen and oxygen atoms in total. The predicted octanol–water partition coefficient (Wildman–Crippen LogP) is 4.89. The van der Waals surface area contributed by atoms with Crippen molar-refractivity contribution in [3.63, 3.8) is 0 Å². The number of hydrogen-bond donors (Lipinski definition) is 1. The van der Waals surface area contributed by atoms with E-state index in [1.807, 2.05) is 4.90 Å². The number of benzene rings is 2. The Kier molecular flexibility index (Phi) is 7.71. The summed E-state index contributed by atoms with van der Waals surface area (Å²) in [6.45, 7) is 1.29. The molecule has 0 saturated heterocycles. The van der Waals surface area contributed by atoms with Gasteiger partial charge in [0.15, 0.2) is 0 Å². The smallest absolute Gasteiger partial charge is 0.417 e. The van der Waals surface area contributed by atoms with Gasteiger partial charge in [0.05, 0.1) is 23.6 Å². The molecule has 28 heavy (non-hydrogen) atoms. The van der Waals surface area contributed by atoms with Crippen molar-refractivity contribution in [2.24, 2.45) is 0 Å². The molecule has 0 aliphatic heterocycles. The summed E-state index contributed by atoms with van der Waals surface area (Å²) in [5.41, 5.74) is 0.243. The Morgan fingerprint density at radius 1 is 1.21 bits per heavy atom. The first-order valence-electron chi connectivity index (χ1n) is 8.63. The van der Waals surface area contributed by atoms with E-state index in [0.717, 1.165) is 6.07 Å². The van der Waals surface area contributed by atoms with Crippen molar-refractivity contribution in [2.45, 2.75) is 25.6 Å². The monoisotopic (exact) mass is 415 g/mol. The minimum atomic E-state index is -4.48. The van der Waals surface area contributed by atoms with Gasteiger partial charge in [-0.1, -0.05) is 35.9 Å². The number of nitrogens with zero attached hydrogens (tertiary/aromatic N) is 1. The van der Waals surface area contributed by atoms with Crippen molar-refractivity contribution >= 4 is 17.6 Å². The molecule has 0 aromatic heterocycles. The predicted molar refractivity (Wildman–Crippen MR) is 101 cm³/mol. The molecule has 8 heteroatoms. The first kappa shape index (κ1) is 22.0. The number of alkyl halides is 3. The number of carbonyl (C=O) groups is 1. The van der Waals surface area contributed by atoms with Gasteiger partial charge in [-0.25, -0.2) is 0 Å². The summed E-state index contributed by atoms with van der Waals surface area (Å²) in [5, 5.41) is 8.55. The summed E-state index contributed by atoms with van der Waals surface area (Å²) in [4.78, 5) is 12.6. The van der Waals surface area contributed by atoms with Crippen LogP contribution in [0.2, 0.25) is 5.02 Å². The van der Waals surface area contributed by atoms with Crippen LogP contribution in [0.4, 0.5) is 13.2 Å². The first-order valence-corrected chi connectivity index (χ1v) is 9.01. The molecule has 0 radical (unpaired) electrons. The number of rotatable bonds is 9. The van der Waals surface area contributed by atoms with Crippen molar-refractivity contribution in [1.82, 2.24) is 4.90 Å². The van der Waals surface area contributed by atoms with Crippen LogP contribution >= 0.6 is 11.6 Å². The second-order valence-corrected chi connectivity index (χ2v) is 6.81. The SMILES string of the molecule is CN(CCCOc1cccc(CC(=O)O)c1)Cc1cccc(C(F)(F)F)c1Cl. The number of carboxylic acids is 1. The van der Waals surface area contributed by atoms with Crippen molar-refractivity contribution < 1.29 is 27.8 Å². The Labute approximate surface area is 166 Å². The first-order chi connectivity index (χ1) is 13.2. The maximum absolute atomic E-state index is 12.9. The molecule has 0 amide bonds. The van der Waals surface area contributed by atoms with E-state index < -0.39 is 17.7 Å². The molecule has 0 unspecified atom stereocenters. The zero-order valence-corrected chi connectivity index (χ0v) is 16.1. The van der Waals surface area contributed by atoms with Crippen molar-refractivity contribution in [1.29, 1.82) is 0 Å². The van der Waals surface area contributed by atoms with Gasteiger partial charge in [-0.05, 0) is 42.8 Å². The van der Waals surface area contributed by atoms with Gasteiger partial charge < -0.3 is 14.7 Å². The normalized spacial score (nSPS) is 11.6. The van der Waals surface area contributed by atoms with Crippen LogP contribution in [0.3, 0.4) is 0 Å². The molecule has 0 saturated carbocycles. The molecule has 0 heterocycles. The Balaban J connectivity index is 1.82. The minimum absolute atomic E-state index is 0.0717.